The molecule has 0 spiro atoms. The van der Waals surface area contributed by atoms with Crippen LogP contribution in [0, 0.1) is 0 Å². The summed E-state index contributed by atoms with van der Waals surface area (Å²) in [6.45, 7) is 1.06. The van der Waals surface area contributed by atoms with E-state index in [9.17, 15) is 0 Å². The van der Waals surface area contributed by atoms with Gasteiger partial charge in [0.25, 0.3) is 0 Å². The lowest BCUT2D eigenvalue weighted by Gasteiger charge is -2.13. The smallest absolute Gasteiger partial charge is 0.00159 e. The zero-order valence-electron chi connectivity index (χ0n) is 11.7. The second kappa shape index (κ2) is 6.91. The molecule has 2 aromatic rings. The fourth-order valence-electron chi connectivity index (χ4n) is 2.05. The fourth-order valence-corrected chi connectivity index (χ4v) is 2.05. The molecule has 0 amide bonds. The monoisotopic (exact) mass is 251 g/mol. The molecule has 0 aromatic heterocycles. The zero-order chi connectivity index (χ0) is 13.5. The van der Waals surface area contributed by atoms with Crippen molar-refractivity contribution in [1.82, 2.24) is 4.90 Å². The van der Waals surface area contributed by atoms with E-state index in [1.807, 2.05) is 0 Å². The molecule has 0 fully saturated rings. The van der Waals surface area contributed by atoms with Crippen LogP contribution in [0.15, 0.2) is 60.7 Å². The Morgan fingerprint density at radius 3 is 2.05 bits per heavy atom. The molecule has 19 heavy (non-hydrogen) atoms. The summed E-state index contributed by atoms with van der Waals surface area (Å²) in [4.78, 5) is 2.22. The number of nitrogens with zero attached hydrogens (tertiary/aromatic N) is 1. The summed E-state index contributed by atoms with van der Waals surface area (Å²) in [5.41, 5.74) is 3.97. The Hall–Kier alpha value is -1.86. The maximum atomic E-state index is 2.29. The summed E-state index contributed by atoms with van der Waals surface area (Å²) in [7, 11) is 4.23. The second-order valence-corrected chi connectivity index (χ2v) is 5.00. The minimum atomic E-state index is 1.06. The highest BCUT2D eigenvalue weighted by Crippen LogP contribution is 2.21. The molecule has 0 atom stereocenters. The standard InChI is InChI=1S/C18H21N/c1-19(2)14-13-18(17-11-7-4-8-12-17)15-16-9-5-3-6-10-16/h3-12,15H,13-14H2,1-2H3/b18-15+. The molecule has 98 valence electrons. The average molecular weight is 251 g/mol. The molecule has 0 N–H and O–H groups in total. The lowest BCUT2D eigenvalue weighted by atomic mass is 10.00. The van der Waals surface area contributed by atoms with Crippen LogP contribution in [0.1, 0.15) is 17.5 Å². The van der Waals surface area contributed by atoms with E-state index < -0.39 is 0 Å². The third-order valence-corrected chi connectivity index (χ3v) is 3.11. The molecule has 1 nitrogen and oxygen atoms in total. The highest BCUT2D eigenvalue weighted by Gasteiger charge is 2.02. The summed E-state index contributed by atoms with van der Waals surface area (Å²) >= 11 is 0. The van der Waals surface area contributed by atoms with Gasteiger partial charge in [-0.1, -0.05) is 66.7 Å². The largest absolute Gasteiger partial charge is 0.309 e. The van der Waals surface area contributed by atoms with Gasteiger partial charge in [0, 0.05) is 6.54 Å². The van der Waals surface area contributed by atoms with Gasteiger partial charge < -0.3 is 4.90 Å². The first-order valence-corrected chi connectivity index (χ1v) is 6.71. The van der Waals surface area contributed by atoms with Gasteiger partial charge in [0.2, 0.25) is 0 Å². The molecular formula is C18H21N. The van der Waals surface area contributed by atoms with Gasteiger partial charge in [0.15, 0.2) is 0 Å². The molecule has 2 aromatic carbocycles. The van der Waals surface area contributed by atoms with Gasteiger partial charge in [-0.25, -0.2) is 0 Å². The van der Waals surface area contributed by atoms with Crippen LogP contribution < -0.4 is 0 Å². The van der Waals surface area contributed by atoms with Crippen molar-refractivity contribution in [3.05, 3.63) is 71.8 Å². The predicted molar refractivity (Wildman–Crippen MR) is 83.9 cm³/mol. The van der Waals surface area contributed by atoms with Crippen LogP contribution in [0.3, 0.4) is 0 Å². The van der Waals surface area contributed by atoms with Crippen LogP contribution in [0.25, 0.3) is 11.6 Å². The maximum absolute atomic E-state index is 2.29. The molecule has 0 aliphatic carbocycles. The first-order chi connectivity index (χ1) is 9.25. The Labute approximate surface area is 116 Å². The Bertz CT molecular complexity index is 512. The molecule has 0 heterocycles. The first-order valence-electron chi connectivity index (χ1n) is 6.71. The summed E-state index contributed by atoms with van der Waals surface area (Å²) in [5, 5.41) is 0. The van der Waals surface area contributed by atoms with E-state index in [-0.39, 0.29) is 0 Å². The number of rotatable bonds is 5. The van der Waals surface area contributed by atoms with Crippen molar-refractivity contribution in [2.45, 2.75) is 6.42 Å². The minimum Gasteiger partial charge on any atom is -0.309 e. The van der Waals surface area contributed by atoms with Gasteiger partial charge >= 0.3 is 0 Å². The zero-order valence-corrected chi connectivity index (χ0v) is 11.7. The Kier molecular flexibility index (Phi) is 4.93. The van der Waals surface area contributed by atoms with Crippen LogP contribution in [0.2, 0.25) is 0 Å². The van der Waals surface area contributed by atoms with Crippen molar-refractivity contribution in [2.24, 2.45) is 0 Å². The number of benzene rings is 2. The minimum absolute atomic E-state index is 1.06. The van der Waals surface area contributed by atoms with Gasteiger partial charge in [0.05, 0.1) is 0 Å². The molecule has 0 saturated carbocycles. The third kappa shape index (κ3) is 4.38. The summed E-state index contributed by atoms with van der Waals surface area (Å²) in [6, 6.07) is 21.2. The molecule has 0 radical (unpaired) electrons. The quantitative estimate of drug-likeness (QED) is 0.721. The van der Waals surface area contributed by atoms with Crippen LogP contribution in [-0.4, -0.2) is 25.5 Å². The van der Waals surface area contributed by atoms with Crippen molar-refractivity contribution in [3.63, 3.8) is 0 Å². The van der Waals surface area contributed by atoms with Gasteiger partial charge in [-0.05, 0) is 37.2 Å². The highest BCUT2D eigenvalue weighted by atomic mass is 15.0. The molecule has 1 heteroatoms. The second-order valence-electron chi connectivity index (χ2n) is 5.00. The van der Waals surface area contributed by atoms with E-state index >= 15 is 0 Å². The van der Waals surface area contributed by atoms with Crippen LogP contribution >= 0.6 is 0 Å². The van der Waals surface area contributed by atoms with Gasteiger partial charge in [-0.2, -0.15) is 0 Å². The van der Waals surface area contributed by atoms with Crippen LogP contribution in [0.5, 0.6) is 0 Å². The lowest BCUT2D eigenvalue weighted by Crippen LogP contribution is -2.13. The molecular weight excluding hydrogens is 230 g/mol. The van der Waals surface area contributed by atoms with Crippen molar-refractivity contribution in [2.75, 3.05) is 20.6 Å². The lowest BCUT2D eigenvalue weighted by molar-refractivity contribution is 0.420. The summed E-state index contributed by atoms with van der Waals surface area (Å²) in [6.07, 6.45) is 3.35. The summed E-state index contributed by atoms with van der Waals surface area (Å²) in [5.74, 6) is 0. The van der Waals surface area contributed by atoms with Gasteiger partial charge in [0.1, 0.15) is 0 Å². The average Bonchev–Trinajstić information content (AvgIpc) is 2.45. The fraction of sp³-hybridized carbons (Fsp3) is 0.222. The molecule has 0 aliphatic heterocycles. The van der Waals surface area contributed by atoms with Crippen molar-refractivity contribution < 1.29 is 0 Å². The SMILES string of the molecule is CN(C)CC/C(=C\c1ccccc1)c1ccccc1. The first kappa shape index (κ1) is 13.6. The Morgan fingerprint density at radius 1 is 0.895 bits per heavy atom. The number of hydrogen-bond acceptors (Lipinski definition) is 1. The highest BCUT2D eigenvalue weighted by molar-refractivity contribution is 5.81. The van der Waals surface area contributed by atoms with E-state index in [4.69, 9.17) is 0 Å². The Balaban J connectivity index is 2.27. The normalized spacial score (nSPS) is 11.8. The van der Waals surface area contributed by atoms with Crippen LogP contribution in [-0.2, 0) is 0 Å². The molecule has 0 aliphatic rings. The third-order valence-electron chi connectivity index (χ3n) is 3.11. The summed E-state index contributed by atoms with van der Waals surface area (Å²) < 4.78 is 0. The van der Waals surface area contributed by atoms with E-state index in [0.29, 0.717) is 0 Å². The van der Waals surface area contributed by atoms with E-state index in [1.165, 1.54) is 16.7 Å². The Morgan fingerprint density at radius 2 is 1.47 bits per heavy atom. The van der Waals surface area contributed by atoms with Crippen LogP contribution in [0.4, 0.5) is 0 Å². The molecule has 2 rings (SSSR count). The van der Waals surface area contributed by atoms with Crippen molar-refractivity contribution in [1.29, 1.82) is 0 Å². The van der Waals surface area contributed by atoms with Crippen molar-refractivity contribution >= 4 is 11.6 Å². The van der Waals surface area contributed by atoms with E-state index in [0.717, 1.165) is 13.0 Å². The predicted octanol–water partition coefficient (Wildman–Crippen LogP) is 4.18. The molecule has 0 saturated heterocycles. The number of hydrogen-bond donors (Lipinski definition) is 0. The molecule has 0 bridgehead atoms. The van der Waals surface area contributed by atoms with E-state index in [1.54, 1.807) is 0 Å². The molecule has 0 unspecified atom stereocenters. The maximum Gasteiger partial charge on any atom is 0.00159 e. The van der Waals surface area contributed by atoms with Gasteiger partial charge in [-0.15, -0.1) is 0 Å². The topological polar surface area (TPSA) is 3.24 Å². The van der Waals surface area contributed by atoms with Crippen molar-refractivity contribution in [3.8, 4) is 0 Å². The van der Waals surface area contributed by atoms with Gasteiger partial charge in [-0.3, -0.25) is 0 Å². The van der Waals surface area contributed by atoms with E-state index in [2.05, 4.69) is 85.7 Å².